The number of hydrogen-bond donors (Lipinski definition) is 2. The molecule has 11 heteroatoms. The maximum absolute atomic E-state index is 13.0. The third kappa shape index (κ3) is 9.92. The van der Waals surface area contributed by atoms with E-state index in [9.17, 15) is 27.6 Å². The fourth-order valence-electron chi connectivity index (χ4n) is 2.63. The lowest BCUT2D eigenvalue weighted by molar-refractivity contribution is -0.174. The van der Waals surface area contributed by atoms with Crippen molar-refractivity contribution in [2.45, 2.75) is 39.0 Å². The van der Waals surface area contributed by atoms with Crippen molar-refractivity contribution >= 4 is 58.5 Å². The molecule has 2 N–H and O–H groups in total. The van der Waals surface area contributed by atoms with Gasteiger partial charge in [0.15, 0.2) is 0 Å². The number of allylic oxidation sites excluding steroid dienone is 3. The number of carbonyl (C=O) groups is 3. The van der Waals surface area contributed by atoms with E-state index in [4.69, 9.17) is 34.8 Å². The number of rotatable bonds is 10. The summed E-state index contributed by atoms with van der Waals surface area (Å²) in [5, 5.41) is 5.33. The molecule has 0 spiro atoms. The van der Waals surface area contributed by atoms with Crippen LogP contribution < -0.4 is 10.6 Å². The molecule has 0 aliphatic heterocycles. The SMILES string of the molecule is C=C(/C=C\C(Cl)=C/C)[C@H](NC(=O)/C=C/c1ccc(Cl)c(Cl)c1)C(=O)N[C@H](C(=O)C(F)(F)F)C(C)C. The average molecular weight is 552 g/mol. The van der Waals surface area contributed by atoms with Crippen molar-refractivity contribution < 1.29 is 27.6 Å². The summed E-state index contributed by atoms with van der Waals surface area (Å²) in [6, 6.07) is 1.28. The predicted molar refractivity (Wildman–Crippen MR) is 133 cm³/mol. The van der Waals surface area contributed by atoms with E-state index in [2.05, 4.69) is 17.2 Å². The first-order valence-electron chi connectivity index (χ1n) is 10.2. The number of nitrogens with one attached hydrogen (secondary N) is 2. The first kappa shape index (κ1) is 30.5. The van der Waals surface area contributed by atoms with Gasteiger partial charge in [-0.1, -0.05) is 73.4 Å². The summed E-state index contributed by atoms with van der Waals surface area (Å²) in [6.07, 6.45) is 1.60. The van der Waals surface area contributed by atoms with Gasteiger partial charge in [0, 0.05) is 11.1 Å². The number of carbonyl (C=O) groups excluding carboxylic acids is 3. The van der Waals surface area contributed by atoms with Gasteiger partial charge in [0.25, 0.3) is 5.78 Å². The molecule has 0 fully saturated rings. The van der Waals surface area contributed by atoms with Crippen LogP contribution in [0.1, 0.15) is 26.3 Å². The van der Waals surface area contributed by atoms with Gasteiger partial charge in [-0.25, -0.2) is 0 Å². The van der Waals surface area contributed by atoms with Gasteiger partial charge in [-0.15, -0.1) is 0 Å². The second-order valence-electron chi connectivity index (χ2n) is 7.62. The first-order valence-corrected chi connectivity index (χ1v) is 11.3. The number of halogens is 6. The van der Waals surface area contributed by atoms with E-state index in [-0.39, 0.29) is 10.6 Å². The van der Waals surface area contributed by atoms with Gasteiger partial charge in [0.1, 0.15) is 6.04 Å². The van der Waals surface area contributed by atoms with Gasteiger partial charge in [0.05, 0.1) is 16.1 Å². The molecule has 0 aliphatic rings. The summed E-state index contributed by atoms with van der Waals surface area (Å²) < 4.78 is 39.0. The van der Waals surface area contributed by atoms with Crippen molar-refractivity contribution in [3.63, 3.8) is 0 Å². The largest absolute Gasteiger partial charge is 0.452 e. The van der Waals surface area contributed by atoms with Crippen LogP contribution in [-0.2, 0) is 14.4 Å². The molecule has 0 saturated heterocycles. The lowest BCUT2D eigenvalue weighted by Gasteiger charge is -2.25. The van der Waals surface area contributed by atoms with Crippen LogP contribution in [0.3, 0.4) is 0 Å². The molecule has 5 nitrogen and oxygen atoms in total. The number of Topliss-reactive ketones (excluding diaryl/α,β-unsaturated/α-hetero) is 1. The molecule has 0 aromatic heterocycles. The maximum Gasteiger partial charge on any atom is 0.452 e. The van der Waals surface area contributed by atoms with Crippen LogP contribution in [0.25, 0.3) is 6.08 Å². The second kappa shape index (κ2) is 13.5. The number of amides is 2. The standard InChI is InChI=1S/C24H24Cl3F3N2O3/c1-5-16(25)9-6-14(4)21(23(35)32-20(13(2)3)22(34)24(28,29)30)31-19(33)11-8-15-7-10-17(26)18(27)12-15/h5-13,20-21H,4H2,1-3H3,(H,31,33)(H,32,35)/b9-6-,11-8+,16-5+/t20-,21-/m0/s1. The molecule has 2 atom stereocenters. The molecule has 0 saturated carbocycles. The van der Waals surface area contributed by atoms with Gasteiger partial charge in [-0.3, -0.25) is 14.4 Å². The second-order valence-corrected chi connectivity index (χ2v) is 8.87. The zero-order valence-corrected chi connectivity index (χ0v) is 21.3. The number of ketones is 1. The Bertz CT molecular complexity index is 1060. The minimum absolute atomic E-state index is 0.0146. The van der Waals surface area contributed by atoms with Crippen molar-refractivity contribution in [1.29, 1.82) is 0 Å². The van der Waals surface area contributed by atoms with E-state index in [0.717, 1.165) is 6.08 Å². The molecule has 0 unspecified atom stereocenters. The highest BCUT2D eigenvalue weighted by molar-refractivity contribution is 6.42. The molecule has 1 aromatic rings. The Hall–Kier alpha value is -2.55. The molecule has 1 aromatic carbocycles. The van der Waals surface area contributed by atoms with Crippen LogP contribution >= 0.6 is 34.8 Å². The summed E-state index contributed by atoms with van der Waals surface area (Å²) in [5.74, 6) is -4.79. The van der Waals surface area contributed by atoms with Gasteiger partial charge in [-0.05, 0) is 48.3 Å². The summed E-state index contributed by atoms with van der Waals surface area (Å²) in [4.78, 5) is 37.2. The summed E-state index contributed by atoms with van der Waals surface area (Å²) in [7, 11) is 0. The normalized spacial score (nSPS) is 14.3. The van der Waals surface area contributed by atoms with Gasteiger partial charge in [-0.2, -0.15) is 13.2 Å². The van der Waals surface area contributed by atoms with E-state index in [1.807, 2.05) is 0 Å². The van der Waals surface area contributed by atoms with Gasteiger partial charge < -0.3 is 10.6 Å². The molecule has 0 bridgehead atoms. The highest BCUT2D eigenvalue weighted by Crippen LogP contribution is 2.23. The topological polar surface area (TPSA) is 75.3 Å². The highest BCUT2D eigenvalue weighted by atomic mass is 35.5. The van der Waals surface area contributed by atoms with Crippen molar-refractivity contribution in [3.05, 3.63) is 75.3 Å². The van der Waals surface area contributed by atoms with Crippen LogP contribution in [0.2, 0.25) is 10.0 Å². The minimum atomic E-state index is -5.15. The Labute approximate surface area is 216 Å². The summed E-state index contributed by atoms with van der Waals surface area (Å²) >= 11 is 17.7. The van der Waals surface area contributed by atoms with E-state index >= 15 is 0 Å². The fraction of sp³-hybridized carbons (Fsp3) is 0.292. The molecule has 0 heterocycles. The van der Waals surface area contributed by atoms with Crippen molar-refractivity contribution in [1.82, 2.24) is 10.6 Å². The van der Waals surface area contributed by atoms with E-state index in [0.29, 0.717) is 15.6 Å². The molecule has 1 rings (SSSR count). The number of alkyl halides is 3. The van der Waals surface area contributed by atoms with Crippen LogP contribution in [0.5, 0.6) is 0 Å². The van der Waals surface area contributed by atoms with E-state index in [1.54, 1.807) is 19.1 Å². The molecule has 35 heavy (non-hydrogen) atoms. The van der Waals surface area contributed by atoms with E-state index < -0.39 is 41.8 Å². The third-order valence-electron chi connectivity index (χ3n) is 4.55. The molecule has 0 aliphatic carbocycles. The van der Waals surface area contributed by atoms with Crippen LogP contribution in [-0.4, -0.2) is 35.9 Å². The van der Waals surface area contributed by atoms with E-state index in [1.165, 1.54) is 44.2 Å². The first-order chi connectivity index (χ1) is 16.2. The Morgan fingerprint density at radius 2 is 1.66 bits per heavy atom. The van der Waals surface area contributed by atoms with Crippen molar-refractivity contribution in [3.8, 4) is 0 Å². The van der Waals surface area contributed by atoms with Crippen LogP contribution in [0, 0.1) is 5.92 Å². The third-order valence-corrected chi connectivity index (χ3v) is 5.63. The summed E-state index contributed by atoms with van der Waals surface area (Å²) in [6.45, 7) is 8.07. The highest BCUT2D eigenvalue weighted by Gasteiger charge is 2.45. The van der Waals surface area contributed by atoms with Gasteiger partial charge >= 0.3 is 6.18 Å². The Morgan fingerprint density at radius 3 is 2.17 bits per heavy atom. The lowest BCUT2D eigenvalue weighted by atomic mass is 9.98. The van der Waals surface area contributed by atoms with Crippen molar-refractivity contribution in [2.75, 3.05) is 0 Å². The predicted octanol–water partition coefficient (Wildman–Crippen LogP) is 6.02. The molecular formula is C24H24Cl3F3N2O3. The quantitative estimate of drug-likeness (QED) is 0.276. The average Bonchev–Trinajstić information content (AvgIpc) is 2.78. The minimum Gasteiger partial charge on any atom is -0.344 e. The zero-order valence-electron chi connectivity index (χ0n) is 19.1. The Kier molecular flexibility index (Phi) is 11.8. The molecular weight excluding hydrogens is 528 g/mol. The lowest BCUT2D eigenvalue weighted by Crippen LogP contribution is -2.55. The monoisotopic (exact) mass is 550 g/mol. The zero-order chi connectivity index (χ0) is 26.9. The number of benzene rings is 1. The number of hydrogen-bond acceptors (Lipinski definition) is 3. The van der Waals surface area contributed by atoms with Crippen LogP contribution in [0.4, 0.5) is 13.2 Å². The molecule has 190 valence electrons. The van der Waals surface area contributed by atoms with Crippen LogP contribution in [0.15, 0.2) is 59.7 Å². The summed E-state index contributed by atoms with van der Waals surface area (Å²) in [5.41, 5.74) is 0.547. The Balaban J connectivity index is 3.18. The smallest absolute Gasteiger partial charge is 0.344 e. The van der Waals surface area contributed by atoms with Gasteiger partial charge in [0.2, 0.25) is 11.8 Å². The Morgan fingerprint density at radius 1 is 1.03 bits per heavy atom. The molecule has 0 radical (unpaired) electrons. The van der Waals surface area contributed by atoms with Crippen molar-refractivity contribution in [2.24, 2.45) is 5.92 Å². The fourth-order valence-corrected chi connectivity index (χ4v) is 3.00. The molecule has 2 amide bonds. The maximum atomic E-state index is 13.0.